The SMILES string of the molecule is CC1=CCCC(C)(C)[C@@H]1CCc1ccc(O)cc1. The fourth-order valence-corrected chi connectivity index (χ4v) is 3.20. The predicted molar refractivity (Wildman–Crippen MR) is 76.7 cm³/mol. The van der Waals surface area contributed by atoms with Crippen LogP contribution in [0.25, 0.3) is 0 Å². The van der Waals surface area contributed by atoms with Crippen molar-refractivity contribution >= 4 is 0 Å². The molecular formula is C17H24O. The Kier molecular flexibility index (Phi) is 3.79. The smallest absolute Gasteiger partial charge is 0.115 e. The van der Waals surface area contributed by atoms with Crippen LogP contribution in [0.4, 0.5) is 0 Å². The van der Waals surface area contributed by atoms with Crippen LogP contribution in [-0.2, 0) is 6.42 Å². The van der Waals surface area contributed by atoms with E-state index in [9.17, 15) is 5.11 Å². The zero-order valence-electron chi connectivity index (χ0n) is 11.7. The second-order valence-electron chi connectivity index (χ2n) is 6.23. The number of phenolic OH excluding ortho intramolecular Hbond substituents is 1. The molecule has 1 N–H and O–H groups in total. The van der Waals surface area contributed by atoms with Crippen molar-refractivity contribution in [2.45, 2.75) is 46.5 Å². The maximum Gasteiger partial charge on any atom is 0.115 e. The normalized spacial score (nSPS) is 22.6. The Labute approximate surface area is 111 Å². The predicted octanol–water partition coefficient (Wildman–Crippen LogP) is 4.71. The first-order chi connectivity index (χ1) is 8.49. The number of aromatic hydroxyl groups is 1. The van der Waals surface area contributed by atoms with Crippen molar-refractivity contribution in [3.8, 4) is 5.75 Å². The van der Waals surface area contributed by atoms with Crippen LogP contribution in [0.1, 0.15) is 45.6 Å². The highest BCUT2D eigenvalue weighted by Crippen LogP contribution is 2.43. The summed E-state index contributed by atoms with van der Waals surface area (Å²) in [7, 11) is 0. The summed E-state index contributed by atoms with van der Waals surface area (Å²) in [5, 5.41) is 9.29. The lowest BCUT2D eigenvalue weighted by Gasteiger charge is -2.38. The van der Waals surface area contributed by atoms with Crippen molar-refractivity contribution in [2.75, 3.05) is 0 Å². The molecule has 1 atom stereocenters. The third-order valence-corrected chi connectivity index (χ3v) is 4.41. The van der Waals surface area contributed by atoms with Gasteiger partial charge in [0.05, 0.1) is 0 Å². The number of benzene rings is 1. The lowest BCUT2D eigenvalue weighted by molar-refractivity contribution is 0.204. The van der Waals surface area contributed by atoms with Gasteiger partial charge >= 0.3 is 0 Å². The van der Waals surface area contributed by atoms with Crippen molar-refractivity contribution in [2.24, 2.45) is 11.3 Å². The molecule has 0 aromatic heterocycles. The van der Waals surface area contributed by atoms with Crippen molar-refractivity contribution < 1.29 is 5.11 Å². The van der Waals surface area contributed by atoms with Gasteiger partial charge in [0.25, 0.3) is 0 Å². The molecule has 1 aromatic carbocycles. The van der Waals surface area contributed by atoms with E-state index >= 15 is 0 Å². The van der Waals surface area contributed by atoms with Crippen LogP contribution in [0.5, 0.6) is 5.75 Å². The number of rotatable bonds is 3. The van der Waals surface area contributed by atoms with E-state index in [4.69, 9.17) is 0 Å². The minimum Gasteiger partial charge on any atom is -0.508 e. The summed E-state index contributed by atoms with van der Waals surface area (Å²) in [5.41, 5.74) is 3.31. The van der Waals surface area contributed by atoms with Crippen LogP contribution >= 0.6 is 0 Å². The summed E-state index contributed by atoms with van der Waals surface area (Å²) in [6.45, 7) is 7.07. The summed E-state index contributed by atoms with van der Waals surface area (Å²) in [5.74, 6) is 1.05. The molecule has 0 spiro atoms. The lowest BCUT2D eigenvalue weighted by atomic mass is 9.67. The van der Waals surface area contributed by atoms with Crippen molar-refractivity contribution in [3.63, 3.8) is 0 Å². The van der Waals surface area contributed by atoms with Gasteiger partial charge in [-0.05, 0) is 61.6 Å². The Hall–Kier alpha value is -1.24. The Morgan fingerprint density at radius 1 is 1.22 bits per heavy atom. The van der Waals surface area contributed by atoms with Crippen molar-refractivity contribution in [3.05, 3.63) is 41.5 Å². The van der Waals surface area contributed by atoms with E-state index in [1.54, 1.807) is 17.7 Å². The van der Waals surface area contributed by atoms with Gasteiger partial charge in [-0.1, -0.05) is 37.6 Å². The molecule has 0 unspecified atom stereocenters. The molecule has 0 heterocycles. The van der Waals surface area contributed by atoms with E-state index in [1.807, 2.05) is 12.1 Å². The highest BCUT2D eigenvalue weighted by molar-refractivity contribution is 5.26. The maximum atomic E-state index is 9.29. The van der Waals surface area contributed by atoms with Gasteiger partial charge in [-0.3, -0.25) is 0 Å². The minimum absolute atomic E-state index is 0.354. The molecule has 0 radical (unpaired) electrons. The van der Waals surface area contributed by atoms with Crippen LogP contribution in [0.3, 0.4) is 0 Å². The number of phenols is 1. The van der Waals surface area contributed by atoms with E-state index in [1.165, 1.54) is 24.8 Å². The average molecular weight is 244 g/mol. The number of hydrogen-bond donors (Lipinski definition) is 1. The van der Waals surface area contributed by atoms with E-state index in [2.05, 4.69) is 26.8 Å². The van der Waals surface area contributed by atoms with Gasteiger partial charge in [0.1, 0.15) is 5.75 Å². The number of aryl methyl sites for hydroxylation is 1. The molecule has 1 aromatic rings. The molecule has 1 aliphatic carbocycles. The zero-order chi connectivity index (χ0) is 13.2. The van der Waals surface area contributed by atoms with Crippen LogP contribution < -0.4 is 0 Å². The van der Waals surface area contributed by atoms with Gasteiger partial charge in [-0.25, -0.2) is 0 Å². The molecule has 1 aliphatic rings. The van der Waals surface area contributed by atoms with Crippen LogP contribution in [0, 0.1) is 11.3 Å². The van der Waals surface area contributed by atoms with Crippen LogP contribution in [0.2, 0.25) is 0 Å². The molecule has 0 saturated heterocycles. The van der Waals surface area contributed by atoms with Gasteiger partial charge in [-0.2, -0.15) is 0 Å². The standard InChI is InChI=1S/C17H24O/c1-13-5-4-12-17(2,3)16(13)11-8-14-6-9-15(18)10-7-14/h5-7,9-10,16,18H,4,8,11-12H2,1-3H3/t16-/m1/s1. The summed E-state index contributed by atoms with van der Waals surface area (Å²) in [4.78, 5) is 0. The molecule has 0 fully saturated rings. The van der Waals surface area contributed by atoms with E-state index < -0.39 is 0 Å². The van der Waals surface area contributed by atoms with Crippen LogP contribution in [0.15, 0.2) is 35.9 Å². The largest absolute Gasteiger partial charge is 0.508 e. The van der Waals surface area contributed by atoms with Gasteiger partial charge in [0.2, 0.25) is 0 Å². The first kappa shape index (κ1) is 13.2. The monoisotopic (exact) mass is 244 g/mol. The first-order valence-electron chi connectivity index (χ1n) is 6.93. The molecule has 2 rings (SSSR count). The summed E-state index contributed by atoms with van der Waals surface area (Å²) < 4.78 is 0. The third-order valence-electron chi connectivity index (χ3n) is 4.41. The molecule has 0 bridgehead atoms. The topological polar surface area (TPSA) is 20.2 Å². The second-order valence-corrected chi connectivity index (χ2v) is 6.23. The quantitative estimate of drug-likeness (QED) is 0.764. The average Bonchev–Trinajstić information content (AvgIpc) is 2.30. The highest BCUT2D eigenvalue weighted by Gasteiger charge is 2.32. The van der Waals surface area contributed by atoms with Crippen LogP contribution in [-0.4, -0.2) is 5.11 Å². The fourth-order valence-electron chi connectivity index (χ4n) is 3.20. The Morgan fingerprint density at radius 2 is 1.89 bits per heavy atom. The van der Waals surface area contributed by atoms with Gasteiger partial charge < -0.3 is 5.11 Å². The van der Waals surface area contributed by atoms with Gasteiger partial charge in [0, 0.05) is 0 Å². The molecule has 98 valence electrons. The molecule has 0 amide bonds. The Bertz CT molecular complexity index is 425. The third kappa shape index (κ3) is 2.95. The lowest BCUT2D eigenvalue weighted by Crippen LogP contribution is -2.28. The number of allylic oxidation sites excluding steroid dienone is 2. The van der Waals surface area contributed by atoms with Gasteiger partial charge in [-0.15, -0.1) is 0 Å². The molecular weight excluding hydrogens is 220 g/mol. The molecule has 0 saturated carbocycles. The molecule has 18 heavy (non-hydrogen) atoms. The number of hydrogen-bond acceptors (Lipinski definition) is 1. The van der Waals surface area contributed by atoms with Gasteiger partial charge in [0.15, 0.2) is 0 Å². The second kappa shape index (κ2) is 5.17. The molecule has 1 nitrogen and oxygen atoms in total. The Morgan fingerprint density at radius 3 is 2.50 bits per heavy atom. The van der Waals surface area contributed by atoms with E-state index in [0.29, 0.717) is 17.1 Å². The molecule has 1 heteroatoms. The van der Waals surface area contributed by atoms with E-state index in [0.717, 1.165) is 6.42 Å². The first-order valence-corrected chi connectivity index (χ1v) is 6.93. The van der Waals surface area contributed by atoms with Crippen molar-refractivity contribution in [1.82, 2.24) is 0 Å². The zero-order valence-corrected chi connectivity index (χ0v) is 11.7. The summed E-state index contributed by atoms with van der Waals surface area (Å²) in [6.07, 6.45) is 7.24. The minimum atomic E-state index is 0.354. The van der Waals surface area contributed by atoms with Crippen molar-refractivity contribution in [1.29, 1.82) is 0 Å². The Balaban J connectivity index is 2.02. The highest BCUT2D eigenvalue weighted by atomic mass is 16.3. The molecule has 0 aliphatic heterocycles. The fraction of sp³-hybridized carbons (Fsp3) is 0.529. The summed E-state index contributed by atoms with van der Waals surface area (Å²) >= 11 is 0. The maximum absolute atomic E-state index is 9.29. The van der Waals surface area contributed by atoms with E-state index in [-0.39, 0.29) is 0 Å². The summed E-state index contributed by atoms with van der Waals surface area (Å²) in [6, 6.07) is 7.63.